The van der Waals surface area contributed by atoms with E-state index in [1.807, 2.05) is 0 Å². The molecule has 0 spiro atoms. The molecule has 0 aromatic carbocycles. The first-order chi connectivity index (χ1) is 10.1. The van der Waals surface area contributed by atoms with Crippen LogP contribution in [0.15, 0.2) is 12.2 Å². The van der Waals surface area contributed by atoms with Crippen molar-refractivity contribution in [2.24, 2.45) is 11.8 Å². The van der Waals surface area contributed by atoms with E-state index >= 15 is 0 Å². The van der Waals surface area contributed by atoms with Crippen molar-refractivity contribution >= 4 is 0 Å². The molecule has 4 rings (SSSR count). The Kier molecular flexibility index (Phi) is 4.14. The normalized spacial score (nSPS) is 44.8. The maximum atomic E-state index is 10.7. The average molecular weight is 297 g/mol. The van der Waals surface area contributed by atoms with Crippen molar-refractivity contribution in [1.82, 2.24) is 4.90 Å². The highest BCUT2D eigenvalue weighted by Gasteiger charge is 2.67. The van der Waals surface area contributed by atoms with E-state index in [2.05, 4.69) is 25.3 Å². The minimum Gasteiger partial charge on any atom is -0.390 e. The SMILES string of the molecule is C=C1C2OC(OC)C3C1C[C@H](O)C3(CCN(CC)CC)O2. The number of fused-ring (bicyclic) bond motifs is 1. The molecule has 3 heterocycles. The summed E-state index contributed by atoms with van der Waals surface area (Å²) in [5.41, 5.74) is 0.418. The molecule has 1 N–H and O–H groups in total. The van der Waals surface area contributed by atoms with Gasteiger partial charge in [-0.25, -0.2) is 0 Å². The average Bonchev–Trinajstić information content (AvgIpc) is 2.75. The molecule has 0 aromatic heterocycles. The van der Waals surface area contributed by atoms with Gasteiger partial charge in [0.25, 0.3) is 0 Å². The van der Waals surface area contributed by atoms with Crippen molar-refractivity contribution in [2.45, 2.75) is 51.0 Å². The van der Waals surface area contributed by atoms with E-state index in [4.69, 9.17) is 14.2 Å². The Balaban J connectivity index is 1.84. The molecule has 1 aliphatic carbocycles. The predicted molar refractivity (Wildman–Crippen MR) is 78.6 cm³/mol. The monoisotopic (exact) mass is 297 g/mol. The van der Waals surface area contributed by atoms with Crippen LogP contribution in [-0.2, 0) is 14.2 Å². The van der Waals surface area contributed by atoms with E-state index in [1.165, 1.54) is 0 Å². The summed E-state index contributed by atoms with van der Waals surface area (Å²) in [4.78, 5) is 2.36. The summed E-state index contributed by atoms with van der Waals surface area (Å²) >= 11 is 0. The molecule has 0 aromatic rings. The van der Waals surface area contributed by atoms with Crippen LogP contribution in [0.5, 0.6) is 0 Å². The van der Waals surface area contributed by atoms with Gasteiger partial charge in [-0.1, -0.05) is 20.4 Å². The zero-order valence-electron chi connectivity index (χ0n) is 13.2. The Labute approximate surface area is 126 Å². The Bertz CT molecular complexity index is 411. The molecule has 5 nitrogen and oxygen atoms in total. The van der Waals surface area contributed by atoms with Crippen LogP contribution in [0.4, 0.5) is 0 Å². The van der Waals surface area contributed by atoms with Crippen molar-refractivity contribution < 1.29 is 19.3 Å². The second-order valence-electron chi connectivity index (χ2n) is 6.38. The first kappa shape index (κ1) is 15.4. The number of aliphatic hydroxyl groups excluding tert-OH is 1. The number of aliphatic hydroxyl groups is 1. The molecule has 0 radical (unpaired) electrons. The van der Waals surface area contributed by atoms with Gasteiger partial charge in [0.1, 0.15) is 5.60 Å². The van der Waals surface area contributed by atoms with Gasteiger partial charge in [0, 0.05) is 19.6 Å². The van der Waals surface area contributed by atoms with Crippen LogP contribution in [0.25, 0.3) is 0 Å². The standard InChI is InChI=1S/C16H27NO4/c1-5-17(6-2)8-7-16-12(18)9-11-10(3)14(21-16)20-15(19-4)13(11)16/h11-15,18H,3,5-9H2,1-2,4H3/t11?,12-,13?,14?,15?,16?/m0/s1. The van der Waals surface area contributed by atoms with E-state index in [0.29, 0.717) is 6.42 Å². The van der Waals surface area contributed by atoms with Crippen LogP contribution in [0.2, 0.25) is 0 Å². The fourth-order valence-electron chi connectivity index (χ4n) is 4.35. The van der Waals surface area contributed by atoms with E-state index in [1.54, 1.807) is 7.11 Å². The third-order valence-corrected chi connectivity index (χ3v) is 5.64. The number of ether oxygens (including phenoxy) is 3. The van der Waals surface area contributed by atoms with Gasteiger partial charge in [0.05, 0.1) is 6.10 Å². The first-order valence-corrected chi connectivity index (χ1v) is 8.02. The smallest absolute Gasteiger partial charge is 0.183 e. The van der Waals surface area contributed by atoms with Crippen molar-refractivity contribution in [3.05, 3.63) is 12.2 Å². The van der Waals surface area contributed by atoms with Crippen LogP contribution in [0.1, 0.15) is 26.7 Å². The highest BCUT2D eigenvalue weighted by molar-refractivity contribution is 5.24. The van der Waals surface area contributed by atoms with E-state index < -0.39 is 18.0 Å². The second kappa shape index (κ2) is 5.63. The van der Waals surface area contributed by atoms with Gasteiger partial charge in [-0.2, -0.15) is 0 Å². The quantitative estimate of drug-likeness (QED) is 0.751. The molecule has 4 aliphatic rings. The lowest BCUT2D eigenvalue weighted by atomic mass is 9.75. The summed E-state index contributed by atoms with van der Waals surface area (Å²) in [5, 5.41) is 10.7. The summed E-state index contributed by atoms with van der Waals surface area (Å²) in [6.45, 7) is 11.4. The molecular formula is C16H27NO4. The molecule has 21 heavy (non-hydrogen) atoms. The summed E-state index contributed by atoms with van der Waals surface area (Å²) in [6, 6.07) is 0. The lowest BCUT2D eigenvalue weighted by molar-refractivity contribution is -0.375. The fourth-order valence-corrected chi connectivity index (χ4v) is 4.35. The molecule has 4 bridgehead atoms. The zero-order chi connectivity index (χ0) is 15.2. The molecule has 0 amide bonds. The summed E-state index contributed by atoms with van der Waals surface area (Å²) in [7, 11) is 1.66. The summed E-state index contributed by atoms with van der Waals surface area (Å²) in [6.07, 6.45) is 0.323. The number of rotatable bonds is 6. The Morgan fingerprint density at radius 2 is 2.14 bits per heavy atom. The zero-order valence-corrected chi connectivity index (χ0v) is 13.2. The molecule has 3 aliphatic heterocycles. The third-order valence-electron chi connectivity index (χ3n) is 5.64. The molecule has 120 valence electrons. The molecule has 5 heteroatoms. The lowest BCUT2D eigenvalue weighted by Gasteiger charge is -2.54. The van der Waals surface area contributed by atoms with Gasteiger partial charge >= 0.3 is 0 Å². The van der Waals surface area contributed by atoms with Crippen molar-refractivity contribution in [1.29, 1.82) is 0 Å². The van der Waals surface area contributed by atoms with E-state index in [0.717, 1.165) is 31.6 Å². The van der Waals surface area contributed by atoms with Crippen LogP contribution < -0.4 is 0 Å². The molecular weight excluding hydrogens is 270 g/mol. The maximum absolute atomic E-state index is 10.7. The van der Waals surface area contributed by atoms with Gasteiger partial charge in [-0.15, -0.1) is 0 Å². The highest BCUT2D eigenvalue weighted by Crippen LogP contribution is 2.59. The number of nitrogens with zero attached hydrogens (tertiary/aromatic N) is 1. The van der Waals surface area contributed by atoms with Crippen molar-refractivity contribution in [3.63, 3.8) is 0 Å². The van der Waals surface area contributed by atoms with Gasteiger partial charge in [0.15, 0.2) is 12.6 Å². The number of hydrogen-bond acceptors (Lipinski definition) is 5. The number of methoxy groups -OCH3 is 1. The predicted octanol–water partition coefficient (Wildman–Crippen LogP) is 1.37. The van der Waals surface area contributed by atoms with Gasteiger partial charge in [0.2, 0.25) is 0 Å². The van der Waals surface area contributed by atoms with E-state index in [9.17, 15) is 5.11 Å². The molecule has 1 saturated carbocycles. The number of hydrogen-bond donors (Lipinski definition) is 1. The first-order valence-electron chi connectivity index (χ1n) is 8.02. The van der Waals surface area contributed by atoms with Gasteiger partial charge in [-0.3, -0.25) is 0 Å². The Morgan fingerprint density at radius 3 is 2.76 bits per heavy atom. The van der Waals surface area contributed by atoms with Gasteiger partial charge in [-0.05, 0) is 37.4 Å². The second-order valence-corrected chi connectivity index (χ2v) is 6.38. The minimum atomic E-state index is -0.544. The van der Waals surface area contributed by atoms with E-state index in [-0.39, 0.29) is 18.1 Å². The van der Waals surface area contributed by atoms with Crippen LogP contribution in [-0.4, -0.2) is 61.0 Å². The topological polar surface area (TPSA) is 51.2 Å². The fraction of sp³-hybridized carbons (Fsp3) is 0.875. The minimum absolute atomic E-state index is 0.0468. The summed E-state index contributed by atoms with van der Waals surface area (Å²) in [5.74, 6) is 0.291. The van der Waals surface area contributed by atoms with Crippen LogP contribution in [0, 0.1) is 11.8 Å². The third kappa shape index (κ3) is 2.18. The molecule has 3 saturated heterocycles. The highest BCUT2D eigenvalue weighted by atomic mass is 16.8. The van der Waals surface area contributed by atoms with Crippen LogP contribution in [0.3, 0.4) is 0 Å². The van der Waals surface area contributed by atoms with Gasteiger partial charge < -0.3 is 24.2 Å². The molecule has 4 fully saturated rings. The summed E-state index contributed by atoms with van der Waals surface area (Å²) < 4.78 is 17.5. The molecule has 6 atom stereocenters. The molecule has 5 unspecified atom stereocenters. The van der Waals surface area contributed by atoms with Crippen molar-refractivity contribution in [3.8, 4) is 0 Å². The Morgan fingerprint density at radius 1 is 1.43 bits per heavy atom. The Hall–Kier alpha value is -0.460. The van der Waals surface area contributed by atoms with Crippen molar-refractivity contribution in [2.75, 3.05) is 26.7 Å². The lowest BCUT2D eigenvalue weighted by Crippen LogP contribution is -2.63. The largest absolute Gasteiger partial charge is 0.390 e. The van der Waals surface area contributed by atoms with Crippen LogP contribution >= 0.6 is 0 Å². The maximum Gasteiger partial charge on any atom is 0.183 e.